The highest BCUT2D eigenvalue weighted by Gasteiger charge is 2.00. The second kappa shape index (κ2) is 9.43. The lowest BCUT2D eigenvalue weighted by atomic mass is 10.2. The molecule has 0 heterocycles. The number of carbonyl (C=O) groups excluding carboxylic acids is 1. The van der Waals surface area contributed by atoms with Gasteiger partial charge >= 0.3 is 0 Å². The number of amides is 1. The molecule has 0 saturated carbocycles. The van der Waals surface area contributed by atoms with Crippen LogP contribution in [0.25, 0.3) is 0 Å². The first kappa shape index (κ1) is 17.6. The Kier molecular flexibility index (Phi) is 7.23. The lowest BCUT2D eigenvalue weighted by Gasteiger charge is -2.02. The van der Waals surface area contributed by atoms with Gasteiger partial charge in [0.15, 0.2) is 0 Å². The smallest absolute Gasteiger partial charge is 0.240 e. The molecule has 1 N–H and O–H groups in total. The Morgan fingerprint density at radius 2 is 1.74 bits per heavy atom. The van der Waals surface area contributed by atoms with Gasteiger partial charge in [-0.25, -0.2) is 5.43 Å². The third-order valence-electron chi connectivity index (χ3n) is 3.14. The summed E-state index contributed by atoms with van der Waals surface area (Å²) >= 11 is 3.37. The van der Waals surface area contributed by atoms with E-state index in [1.807, 2.05) is 30.5 Å². The van der Waals surface area contributed by atoms with Gasteiger partial charge < -0.3 is 0 Å². The van der Waals surface area contributed by atoms with Crippen LogP contribution in [0.1, 0.15) is 17.5 Å². The van der Waals surface area contributed by atoms with Crippen molar-refractivity contribution in [2.75, 3.05) is 12.0 Å². The number of carbonyl (C=O) groups is 1. The second-order valence-corrected chi connectivity index (χ2v) is 7.03. The molecular formula is C18H20N2OS2. The lowest BCUT2D eigenvalue weighted by Crippen LogP contribution is -2.17. The van der Waals surface area contributed by atoms with E-state index in [9.17, 15) is 4.79 Å². The highest BCUT2D eigenvalue weighted by atomic mass is 32.2. The Balaban J connectivity index is 1.69. The van der Waals surface area contributed by atoms with Crippen LogP contribution in [0.4, 0.5) is 0 Å². The monoisotopic (exact) mass is 344 g/mol. The van der Waals surface area contributed by atoms with Crippen molar-refractivity contribution in [1.82, 2.24) is 5.43 Å². The van der Waals surface area contributed by atoms with Gasteiger partial charge in [-0.3, -0.25) is 4.79 Å². The zero-order chi connectivity index (χ0) is 16.5. The van der Waals surface area contributed by atoms with Gasteiger partial charge in [0.25, 0.3) is 0 Å². The standard InChI is InChI=1S/C18H20N2OS2/c1-14-3-7-17(8-4-14)23-12-11-18(21)20-19-13-15-5-9-16(22-2)10-6-15/h3-10,13H,11-12H2,1-2H3,(H,20,21). The van der Waals surface area contributed by atoms with Crippen LogP contribution in [-0.4, -0.2) is 24.1 Å². The van der Waals surface area contributed by atoms with Gasteiger partial charge in [0.2, 0.25) is 5.91 Å². The number of aryl methyl sites for hydroxylation is 1. The van der Waals surface area contributed by atoms with E-state index in [-0.39, 0.29) is 5.91 Å². The molecule has 0 atom stereocenters. The number of nitrogens with zero attached hydrogens (tertiary/aromatic N) is 1. The minimum absolute atomic E-state index is 0.0680. The van der Waals surface area contributed by atoms with E-state index in [1.54, 1.807) is 29.7 Å². The number of benzene rings is 2. The number of hydrogen-bond acceptors (Lipinski definition) is 4. The van der Waals surface area contributed by atoms with Crippen molar-refractivity contribution in [1.29, 1.82) is 0 Å². The Morgan fingerprint density at radius 1 is 1.09 bits per heavy atom. The van der Waals surface area contributed by atoms with E-state index >= 15 is 0 Å². The van der Waals surface area contributed by atoms with E-state index in [1.165, 1.54) is 15.4 Å². The maximum atomic E-state index is 11.7. The van der Waals surface area contributed by atoms with Crippen LogP contribution in [0.15, 0.2) is 63.4 Å². The minimum atomic E-state index is -0.0680. The zero-order valence-electron chi connectivity index (χ0n) is 13.3. The predicted octanol–water partition coefficient (Wildman–Crippen LogP) is 4.35. The Bertz CT molecular complexity index is 652. The van der Waals surface area contributed by atoms with Crippen LogP contribution in [-0.2, 0) is 4.79 Å². The van der Waals surface area contributed by atoms with E-state index in [0.29, 0.717) is 6.42 Å². The number of nitrogens with one attached hydrogen (secondary N) is 1. The summed E-state index contributed by atoms with van der Waals surface area (Å²) in [5.41, 5.74) is 4.78. The third-order valence-corrected chi connectivity index (χ3v) is 4.89. The van der Waals surface area contributed by atoms with Crippen molar-refractivity contribution in [2.24, 2.45) is 5.10 Å². The van der Waals surface area contributed by atoms with E-state index in [2.05, 4.69) is 41.7 Å². The first-order chi connectivity index (χ1) is 11.2. The molecule has 0 bridgehead atoms. The van der Waals surface area contributed by atoms with Gasteiger partial charge in [0.1, 0.15) is 0 Å². The molecule has 0 saturated heterocycles. The molecule has 0 aliphatic carbocycles. The van der Waals surface area contributed by atoms with Crippen LogP contribution >= 0.6 is 23.5 Å². The molecule has 0 radical (unpaired) electrons. The minimum Gasteiger partial charge on any atom is -0.273 e. The molecule has 3 nitrogen and oxygen atoms in total. The summed E-state index contributed by atoms with van der Waals surface area (Å²) in [5.74, 6) is 0.675. The van der Waals surface area contributed by atoms with Gasteiger partial charge in [-0.05, 0) is 43.0 Å². The first-order valence-electron chi connectivity index (χ1n) is 7.33. The molecular weight excluding hydrogens is 324 g/mol. The molecule has 0 aliphatic heterocycles. The first-order valence-corrected chi connectivity index (χ1v) is 9.54. The fourth-order valence-corrected chi connectivity index (χ4v) is 3.08. The Labute approximate surface area is 146 Å². The summed E-state index contributed by atoms with van der Waals surface area (Å²) in [5, 5.41) is 3.99. The number of hydrazone groups is 1. The predicted molar refractivity (Wildman–Crippen MR) is 100 cm³/mol. The maximum absolute atomic E-state index is 11.7. The van der Waals surface area contributed by atoms with Crippen molar-refractivity contribution >= 4 is 35.6 Å². The average Bonchev–Trinajstić information content (AvgIpc) is 2.57. The molecule has 5 heteroatoms. The molecule has 2 aromatic carbocycles. The summed E-state index contributed by atoms with van der Waals surface area (Å²) in [6, 6.07) is 16.3. The largest absolute Gasteiger partial charge is 0.273 e. The maximum Gasteiger partial charge on any atom is 0.240 e. The molecule has 0 aromatic heterocycles. The van der Waals surface area contributed by atoms with Gasteiger partial charge in [-0.1, -0.05) is 29.8 Å². The molecule has 2 rings (SSSR count). The quantitative estimate of drug-likeness (QED) is 0.461. The summed E-state index contributed by atoms with van der Waals surface area (Å²) in [6.45, 7) is 2.06. The van der Waals surface area contributed by atoms with Gasteiger partial charge in [0, 0.05) is 22.0 Å². The van der Waals surface area contributed by atoms with Crippen LogP contribution in [0.5, 0.6) is 0 Å². The molecule has 0 spiro atoms. The van der Waals surface area contributed by atoms with Crippen molar-refractivity contribution in [2.45, 2.75) is 23.1 Å². The fourth-order valence-electron chi connectivity index (χ4n) is 1.82. The molecule has 1 amide bonds. The normalized spacial score (nSPS) is 10.9. The number of hydrogen-bond donors (Lipinski definition) is 1. The highest BCUT2D eigenvalue weighted by molar-refractivity contribution is 7.99. The van der Waals surface area contributed by atoms with Crippen LogP contribution in [0.3, 0.4) is 0 Å². The van der Waals surface area contributed by atoms with Crippen molar-refractivity contribution in [3.05, 3.63) is 59.7 Å². The second-order valence-electron chi connectivity index (χ2n) is 4.98. The number of rotatable bonds is 7. The lowest BCUT2D eigenvalue weighted by molar-refractivity contribution is -0.120. The number of thioether (sulfide) groups is 2. The van der Waals surface area contributed by atoms with Crippen LogP contribution < -0.4 is 5.43 Å². The highest BCUT2D eigenvalue weighted by Crippen LogP contribution is 2.18. The molecule has 0 unspecified atom stereocenters. The van der Waals surface area contributed by atoms with Gasteiger partial charge in [-0.15, -0.1) is 23.5 Å². The summed E-state index contributed by atoms with van der Waals surface area (Å²) in [4.78, 5) is 14.1. The summed E-state index contributed by atoms with van der Waals surface area (Å²) < 4.78 is 0. The molecule has 23 heavy (non-hydrogen) atoms. The fraction of sp³-hybridized carbons (Fsp3) is 0.222. The Hall–Kier alpha value is -1.72. The molecule has 0 fully saturated rings. The molecule has 2 aromatic rings. The van der Waals surface area contributed by atoms with E-state index in [4.69, 9.17) is 0 Å². The summed E-state index contributed by atoms with van der Waals surface area (Å²) in [6.07, 6.45) is 4.15. The van der Waals surface area contributed by atoms with Crippen LogP contribution in [0.2, 0.25) is 0 Å². The van der Waals surface area contributed by atoms with Crippen molar-refractivity contribution in [3.63, 3.8) is 0 Å². The van der Waals surface area contributed by atoms with Crippen molar-refractivity contribution in [3.8, 4) is 0 Å². The SMILES string of the molecule is CSc1ccc(C=NNC(=O)CCSc2ccc(C)cc2)cc1. The third kappa shape index (κ3) is 6.50. The van der Waals surface area contributed by atoms with Crippen LogP contribution in [0, 0.1) is 6.92 Å². The van der Waals surface area contributed by atoms with Gasteiger partial charge in [0.05, 0.1) is 6.21 Å². The van der Waals surface area contributed by atoms with Gasteiger partial charge in [-0.2, -0.15) is 5.10 Å². The van der Waals surface area contributed by atoms with Crippen molar-refractivity contribution < 1.29 is 4.79 Å². The zero-order valence-corrected chi connectivity index (χ0v) is 14.9. The molecule has 120 valence electrons. The molecule has 0 aliphatic rings. The topological polar surface area (TPSA) is 41.5 Å². The van der Waals surface area contributed by atoms with E-state index in [0.717, 1.165) is 11.3 Å². The van der Waals surface area contributed by atoms with E-state index < -0.39 is 0 Å². The Morgan fingerprint density at radius 3 is 2.39 bits per heavy atom. The average molecular weight is 345 g/mol. The summed E-state index contributed by atoms with van der Waals surface area (Å²) in [7, 11) is 0.